The highest BCUT2D eigenvalue weighted by molar-refractivity contribution is 7.91. The molecule has 1 aromatic rings. The molecule has 0 radical (unpaired) electrons. The third-order valence-electron chi connectivity index (χ3n) is 4.26. The number of carbonyl (C=O) groups is 1. The quantitative estimate of drug-likeness (QED) is 0.865. The molecule has 1 heterocycles. The van der Waals surface area contributed by atoms with Gasteiger partial charge in [-0.25, -0.2) is 8.42 Å². The average Bonchev–Trinajstić information content (AvgIpc) is 2.56. The van der Waals surface area contributed by atoms with Crippen molar-refractivity contribution in [1.29, 1.82) is 0 Å². The van der Waals surface area contributed by atoms with Gasteiger partial charge in [-0.2, -0.15) is 0 Å². The summed E-state index contributed by atoms with van der Waals surface area (Å²) < 4.78 is 24.5. The van der Waals surface area contributed by atoms with Crippen molar-refractivity contribution in [3.8, 4) is 0 Å². The number of hydrogen-bond acceptors (Lipinski definition) is 4. The summed E-state index contributed by atoms with van der Waals surface area (Å²) in [4.78, 5) is 14.2. The molecule has 0 bridgehead atoms. The Labute approximate surface area is 139 Å². The lowest BCUT2D eigenvalue weighted by atomic mass is 10.0. The number of carbonyl (C=O) groups excluding carboxylic acids is 1. The van der Waals surface area contributed by atoms with Crippen LogP contribution < -0.4 is 10.2 Å². The van der Waals surface area contributed by atoms with Gasteiger partial charge < -0.3 is 10.2 Å². The van der Waals surface area contributed by atoms with Crippen LogP contribution in [0, 0.1) is 0 Å². The molecule has 23 heavy (non-hydrogen) atoms. The van der Waals surface area contributed by atoms with E-state index in [1.807, 2.05) is 19.1 Å². The summed E-state index contributed by atoms with van der Waals surface area (Å²) in [5.74, 6) is 0.216. The van der Waals surface area contributed by atoms with Gasteiger partial charge in [0.25, 0.3) is 0 Å². The Balaban J connectivity index is 2.05. The highest BCUT2D eigenvalue weighted by Gasteiger charge is 2.25. The zero-order valence-electron chi connectivity index (χ0n) is 13.9. The Morgan fingerprint density at radius 2 is 1.87 bits per heavy atom. The maximum atomic E-state index is 12.3. The maximum Gasteiger partial charge on any atom is 0.220 e. The van der Waals surface area contributed by atoms with Crippen LogP contribution in [0.4, 0.5) is 5.69 Å². The molecule has 1 fully saturated rings. The third kappa shape index (κ3) is 4.47. The van der Waals surface area contributed by atoms with Gasteiger partial charge >= 0.3 is 0 Å². The van der Waals surface area contributed by atoms with Crippen molar-refractivity contribution in [1.82, 2.24) is 5.32 Å². The number of nitrogens with one attached hydrogen (secondary N) is 1. The van der Waals surface area contributed by atoms with Gasteiger partial charge in [0, 0.05) is 25.6 Å². The van der Waals surface area contributed by atoms with Crippen LogP contribution in [0.25, 0.3) is 0 Å². The van der Waals surface area contributed by atoms with E-state index in [2.05, 4.69) is 10.2 Å². The smallest absolute Gasteiger partial charge is 0.220 e. The van der Waals surface area contributed by atoms with Crippen LogP contribution in [0.5, 0.6) is 0 Å². The number of hydrogen-bond donors (Lipinski definition) is 1. The molecule has 1 aliphatic rings. The molecule has 6 heteroatoms. The van der Waals surface area contributed by atoms with E-state index in [1.54, 1.807) is 19.1 Å². The Morgan fingerprint density at radius 1 is 1.22 bits per heavy atom. The van der Waals surface area contributed by atoms with E-state index in [9.17, 15) is 13.2 Å². The van der Waals surface area contributed by atoms with Crippen LogP contribution in [-0.2, 0) is 14.6 Å². The van der Waals surface area contributed by atoms with E-state index < -0.39 is 9.84 Å². The summed E-state index contributed by atoms with van der Waals surface area (Å²) in [6.45, 7) is 5.18. The fourth-order valence-corrected chi connectivity index (χ4v) is 4.04. The molecule has 0 unspecified atom stereocenters. The van der Waals surface area contributed by atoms with Gasteiger partial charge in [0.1, 0.15) is 0 Å². The molecule has 0 spiro atoms. The number of sulfone groups is 1. The minimum atomic E-state index is -3.23. The second-order valence-corrected chi connectivity index (χ2v) is 8.20. The van der Waals surface area contributed by atoms with Crippen molar-refractivity contribution >= 4 is 21.4 Å². The normalized spacial score (nSPS) is 16.3. The molecule has 0 saturated carbocycles. The van der Waals surface area contributed by atoms with Crippen LogP contribution in [-0.4, -0.2) is 39.2 Å². The molecular formula is C17H26N2O3S. The second kappa shape index (κ2) is 7.81. The Morgan fingerprint density at radius 3 is 2.48 bits per heavy atom. The molecule has 0 aliphatic carbocycles. The molecule has 1 amide bonds. The fraction of sp³-hybridized carbons (Fsp3) is 0.588. The second-order valence-electron chi connectivity index (χ2n) is 5.95. The Bertz CT molecular complexity index is 635. The molecule has 0 atom stereocenters. The first-order valence-electron chi connectivity index (χ1n) is 8.34. The largest absolute Gasteiger partial charge is 0.370 e. The summed E-state index contributed by atoms with van der Waals surface area (Å²) in [5, 5.41) is 3.06. The lowest BCUT2D eigenvalue weighted by Crippen LogP contribution is -2.45. The van der Waals surface area contributed by atoms with Crippen LogP contribution >= 0.6 is 0 Å². The Hall–Kier alpha value is -1.56. The predicted octanol–water partition coefficient (Wildman–Crippen LogP) is 2.37. The predicted molar refractivity (Wildman–Crippen MR) is 92.5 cm³/mol. The van der Waals surface area contributed by atoms with Crippen molar-refractivity contribution < 1.29 is 13.2 Å². The number of amides is 1. The van der Waals surface area contributed by atoms with Gasteiger partial charge in [0.15, 0.2) is 9.84 Å². The molecule has 128 valence electrons. The van der Waals surface area contributed by atoms with Gasteiger partial charge in [0.2, 0.25) is 5.91 Å². The number of rotatable bonds is 6. The fourth-order valence-electron chi connectivity index (χ4n) is 2.93. The molecular weight excluding hydrogens is 312 g/mol. The van der Waals surface area contributed by atoms with Gasteiger partial charge in [-0.1, -0.05) is 26.0 Å². The molecule has 5 nitrogen and oxygen atoms in total. The van der Waals surface area contributed by atoms with Crippen LogP contribution in [0.1, 0.15) is 39.5 Å². The van der Waals surface area contributed by atoms with Crippen molar-refractivity contribution in [3.63, 3.8) is 0 Å². The maximum absolute atomic E-state index is 12.3. The van der Waals surface area contributed by atoms with Crippen molar-refractivity contribution in [2.24, 2.45) is 0 Å². The molecule has 1 aromatic carbocycles. The van der Waals surface area contributed by atoms with Crippen LogP contribution in [0.3, 0.4) is 0 Å². The van der Waals surface area contributed by atoms with E-state index in [0.717, 1.165) is 38.0 Å². The zero-order chi connectivity index (χ0) is 16.9. The highest BCUT2D eigenvalue weighted by atomic mass is 32.2. The topological polar surface area (TPSA) is 66.5 Å². The highest BCUT2D eigenvalue weighted by Crippen LogP contribution is 2.28. The number of para-hydroxylation sites is 1. The van der Waals surface area contributed by atoms with E-state index in [4.69, 9.17) is 0 Å². The summed E-state index contributed by atoms with van der Waals surface area (Å²) >= 11 is 0. The van der Waals surface area contributed by atoms with E-state index >= 15 is 0 Å². The number of nitrogens with zero attached hydrogens (tertiary/aromatic N) is 1. The summed E-state index contributed by atoms with van der Waals surface area (Å²) in [7, 11) is -3.23. The third-order valence-corrected chi connectivity index (χ3v) is 6.03. The SMILES string of the molecule is CCCC(=O)NC1CCN(c2ccccc2S(=O)(=O)CC)CC1. The monoisotopic (exact) mass is 338 g/mol. The van der Waals surface area contributed by atoms with Crippen LogP contribution in [0.2, 0.25) is 0 Å². The van der Waals surface area contributed by atoms with Gasteiger partial charge in [-0.05, 0) is 31.4 Å². The molecule has 1 saturated heterocycles. The van der Waals surface area contributed by atoms with E-state index in [-0.39, 0.29) is 17.7 Å². The summed E-state index contributed by atoms with van der Waals surface area (Å²) in [5.41, 5.74) is 0.785. The van der Waals surface area contributed by atoms with E-state index in [0.29, 0.717) is 11.3 Å². The lowest BCUT2D eigenvalue weighted by molar-refractivity contribution is -0.121. The van der Waals surface area contributed by atoms with Crippen molar-refractivity contribution in [3.05, 3.63) is 24.3 Å². The molecule has 1 aliphatic heterocycles. The van der Waals surface area contributed by atoms with Crippen molar-refractivity contribution in [2.45, 2.75) is 50.5 Å². The first-order chi connectivity index (χ1) is 11.0. The molecule has 0 aromatic heterocycles. The van der Waals surface area contributed by atoms with Crippen LogP contribution in [0.15, 0.2) is 29.2 Å². The minimum absolute atomic E-state index is 0.105. The summed E-state index contributed by atoms with van der Waals surface area (Å²) in [6, 6.07) is 7.39. The van der Waals surface area contributed by atoms with Gasteiger partial charge in [0.05, 0.1) is 16.3 Å². The summed E-state index contributed by atoms with van der Waals surface area (Å²) in [6.07, 6.45) is 3.11. The first-order valence-corrected chi connectivity index (χ1v) is 9.99. The van der Waals surface area contributed by atoms with Gasteiger partial charge in [-0.3, -0.25) is 4.79 Å². The lowest BCUT2D eigenvalue weighted by Gasteiger charge is -2.34. The molecule has 1 N–H and O–H groups in total. The average molecular weight is 338 g/mol. The number of benzene rings is 1. The first kappa shape index (κ1) is 17.8. The minimum Gasteiger partial charge on any atom is -0.370 e. The zero-order valence-corrected chi connectivity index (χ0v) is 14.7. The molecule has 2 rings (SSSR count). The number of piperidine rings is 1. The van der Waals surface area contributed by atoms with Crippen molar-refractivity contribution in [2.75, 3.05) is 23.7 Å². The van der Waals surface area contributed by atoms with E-state index in [1.165, 1.54) is 0 Å². The standard InChI is InChI=1S/C17H26N2O3S/c1-3-7-17(20)18-14-10-12-19(13-11-14)15-8-5-6-9-16(15)23(21,22)4-2/h5-6,8-9,14H,3-4,7,10-13H2,1-2H3,(H,18,20). The number of anilines is 1. The van der Waals surface area contributed by atoms with Gasteiger partial charge in [-0.15, -0.1) is 0 Å². The Kier molecular flexibility index (Phi) is 6.04.